The highest BCUT2D eigenvalue weighted by atomic mass is 32.1. The van der Waals surface area contributed by atoms with E-state index in [4.69, 9.17) is 9.84 Å². The number of rotatable bonds is 6. The van der Waals surface area contributed by atoms with Crippen LogP contribution in [0.1, 0.15) is 20.8 Å². The van der Waals surface area contributed by atoms with Gasteiger partial charge in [0.1, 0.15) is 5.82 Å². The Labute approximate surface area is 114 Å². The lowest BCUT2D eigenvalue weighted by Gasteiger charge is -2.06. The standard InChI is InChI=1S/C14H13FO3S/c15-13-4-3-10(14(16)17)8-11(13)9-18-6-5-12-2-1-7-19-12/h1-4,7-8H,5-6,9H2,(H,16,17). The minimum Gasteiger partial charge on any atom is -0.478 e. The number of hydrogen-bond acceptors (Lipinski definition) is 3. The minimum atomic E-state index is -1.07. The van der Waals surface area contributed by atoms with E-state index in [2.05, 4.69) is 0 Å². The van der Waals surface area contributed by atoms with Crippen molar-refractivity contribution in [1.82, 2.24) is 0 Å². The predicted molar refractivity (Wildman–Crippen MR) is 71.0 cm³/mol. The van der Waals surface area contributed by atoms with Crippen molar-refractivity contribution in [3.05, 3.63) is 57.5 Å². The molecule has 3 nitrogen and oxygen atoms in total. The first-order valence-corrected chi connectivity index (χ1v) is 6.66. The second-order valence-corrected chi connectivity index (χ2v) is 5.03. The number of thiophene rings is 1. The van der Waals surface area contributed by atoms with E-state index in [0.717, 1.165) is 12.5 Å². The number of carboxylic acid groups (broad SMARTS) is 1. The average Bonchev–Trinajstić information content (AvgIpc) is 2.89. The first kappa shape index (κ1) is 13.7. The maximum absolute atomic E-state index is 13.5. The lowest BCUT2D eigenvalue weighted by molar-refractivity contribution is 0.0696. The summed E-state index contributed by atoms with van der Waals surface area (Å²) < 4.78 is 18.8. The first-order valence-electron chi connectivity index (χ1n) is 5.78. The van der Waals surface area contributed by atoms with Gasteiger partial charge in [0.05, 0.1) is 18.8 Å². The number of aromatic carboxylic acids is 1. The van der Waals surface area contributed by atoms with Crippen LogP contribution >= 0.6 is 11.3 Å². The molecular weight excluding hydrogens is 267 g/mol. The molecule has 2 rings (SSSR count). The number of ether oxygens (including phenoxy) is 1. The zero-order chi connectivity index (χ0) is 13.7. The Balaban J connectivity index is 1.88. The SMILES string of the molecule is O=C(O)c1ccc(F)c(COCCc2cccs2)c1. The van der Waals surface area contributed by atoms with Gasteiger partial charge in [-0.15, -0.1) is 11.3 Å². The highest BCUT2D eigenvalue weighted by Crippen LogP contribution is 2.13. The van der Waals surface area contributed by atoms with Gasteiger partial charge < -0.3 is 9.84 Å². The summed E-state index contributed by atoms with van der Waals surface area (Å²) >= 11 is 1.65. The zero-order valence-electron chi connectivity index (χ0n) is 10.1. The molecule has 0 atom stereocenters. The lowest BCUT2D eigenvalue weighted by Crippen LogP contribution is -2.03. The molecule has 0 spiro atoms. The van der Waals surface area contributed by atoms with E-state index in [1.165, 1.54) is 17.0 Å². The van der Waals surface area contributed by atoms with Gasteiger partial charge in [0, 0.05) is 16.9 Å². The van der Waals surface area contributed by atoms with Gasteiger partial charge in [-0.3, -0.25) is 0 Å². The normalized spacial score (nSPS) is 10.6. The van der Waals surface area contributed by atoms with Gasteiger partial charge >= 0.3 is 5.97 Å². The smallest absolute Gasteiger partial charge is 0.335 e. The summed E-state index contributed by atoms with van der Waals surface area (Å²) in [6.45, 7) is 0.565. The Kier molecular flexibility index (Phi) is 4.65. The fraction of sp³-hybridized carbons (Fsp3) is 0.214. The van der Waals surface area contributed by atoms with Gasteiger partial charge in [0.2, 0.25) is 0 Å². The Hall–Kier alpha value is -1.72. The van der Waals surface area contributed by atoms with Crippen LogP contribution in [-0.2, 0) is 17.8 Å². The largest absolute Gasteiger partial charge is 0.478 e. The van der Waals surface area contributed by atoms with Crippen molar-refractivity contribution in [1.29, 1.82) is 0 Å². The molecule has 0 bridgehead atoms. The van der Waals surface area contributed by atoms with Crippen molar-refractivity contribution >= 4 is 17.3 Å². The third kappa shape index (κ3) is 3.87. The van der Waals surface area contributed by atoms with Crippen LogP contribution in [-0.4, -0.2) is 17.7 Å². The van der Waals surface area contributed by atoms with Crippen LogP contribution < -0.4 is 0 Å². The van der Waals surface area contributed by atoms with E-state index in [-0.39, 0.29) is 17.7 Å². The molecule has 0 unspecified atom stereocenters. The van der Waals surface area contributed by atoms with Gasteiger partial charge in [0.25, 0.3) is 0 Å². The Morgan fingerprint density at radius 2 is 2.21 bits per heavy atom. The van der Waals surface area contributed by atoms with Crippen LogP contribution in [0.2, 0.25) is 0 Å². The molecule has 5 heteroatoms. The molecule has 1 aromatic carbocycles. The van der Waals surface area contributed by atoms with Crippen molar-refractivity contribution in [3.8, 4) is 0 Å². The Bertz CT molecular complexity index is 552. The van der Waals surface area contributed by atoms with Crippen LogP contribution in [0.3, 0.4) is 0 Å². The number of hydrogen-bond donors (Lipinski definition) is 1. The van der Waals surface area contributed by atoms with Crippen LogP contribution in [0.15, 0.2) is 35.7 Å². The van der Waals surface area contributed by atoms with Crippen LogP contribution in [0.25, 0.3) is 0 Å². The average molecular weight is 280 g/mol. The third-order valence-electron chi connectivity index (χ3n) is 2.62. The second kappa shape index (κ2) is 6.45. The number of benzene rings is 1. The molecule has 0 saturated carbocycles. The van der Waals surface area contributed by atoms with E-state index in [1.807, 2.05) is 17.5 Å². The summed E-state index contributed by atoms with van der Waals surface area (Å²) in [6, 6.07) is 7.69. The monoisotopic (exact) mass is 280 g/mol. The number of carbonyl (C=O) groups is 1. The second-order valence-electron chi connectivity index (χ2n) is 3.99. The fourth-order valence-electron chi connectivity index (χ4n) is 1.63. The fourth-order valence-corrected chi connectivity index (χ4v) is 2.32. The molecule has 0 aliphatic carbocycles. The van der Waals surface area contributed by atoms with Gasteiger partial charge in [-0.25, -0.2) is 9.18 Å². The topological polar surface area (TPSA) is 46.5 Å². The molecule has 0 aliphatic rings. The van der Waals surface area contributed by atoms with E-state index < -0.39 is 11.8 Å². The first-order chi connectivity index (χ1) is 9.16. The molecule has 1 aromatic heterocycles. The van der Waals surface area contributed by atoms with Crippen LogP contribution in [0, 0.1) is 5.82 Å². The molecule has 0 fully saturated rings. The molecule has 0 amide bonds. The van der Waals surface area contributed by atoms with E-state index in [0.29, 0.717) is 6.61 Å². The molecule has 0 saturated heterocycles. The summed E-state index contributed by atoms with van der Waals surface area (Å²) in [7, 11) is 0. The molecule has 1 N–H and O–H groups in total. The van der Waals surface area contributed by atoms with Crippen molar-refractivity contribution in [3.63, 3.8) is 0 Å². The van der Waals surface area contributed by atoms with E-state index in [1.54, 1.807) is 11.3 Å². The van der Waals surface area contributed by atoms with Gasteiger partial charge in [-0.2, -0.15) is 0 Å². The Morgan fingerprint density at radius 1 is 1.37 bits per heavy atom. The van der Waals surface area contributed by atoms with E-state index >= 15 is 0 Å². The summed E-state index contributed by atoms with van der Waals surface area (Å²) in [5.41, 5.74) is 0.337. The highest BCUT2D eigenvalue weighted by Gasteiger charge is 2.08. The van der Waals surface area contributed by atoms with Crippen molar-refractivity contribution in [2.24, 2.45) is 0 Å². The predicted octanol–water partition coefficient (Wildman–Crippen LogP) is 3.34. The molecule has 1 heterocycles. The minimum absolute atomic E-state index is 0.0678. The van der Waals surface area contributed by atoms with Gasteiger partial charge in [-0.05, 0) is 29.6 Å². The molecule has 100 valence electrons. The maximum Gasteiger partial charge on any atom is 0.335 e. The summed E-state index contributed by atoms with van der Waals surface area (Å²) in [5.74, 6) is -1.51. The molecule has 0 radical (unpaired) electrons. The van der Waals surface area contributed by atoms with Crippen molar-refractivity contribution in [2.45, 2.75) is 13.0 Å². The summed E-state index contributed by atoms with van der Waals surface area (Å²) in [6.07, 6.45) is 0.776. The molecule has 2 aromatic rings. The number of carboxylic acids is 1. The van der Waals surface area contributed by atoms with Crippen LogP contribution in [0.4, 0.5) is 4.39 Å². The summed E-state index contributed by atoms with van der Waals surface area (Å²) in [5, 5.41) is 10.8. The Morgan fingerprint density at radius 3 is 2.89 bits per heavy atom. The van der Waals surface area contributed by atoms with Crippen molar-refractivity contribution < 1.29 is 19.0 Å². The third-order valence-corrected chi connectivity index (χ3v) is 3.56. The van der Waals surface area contributed by atoms with Gasteiger partial charge in [0.15, 0.2) is 0 Å². The molecule has 19 heavy (non-hydrogen) atoms. The lowest BCUT2D eigenvalue weighted by atomic mass is 10.1. The molecule has 0 aliphatic heterocycles. The number of halogens is 1. The van der Waals surface area contributed by atoms with E-state index in [9.17, 15) is 9.18 Å². The van der Waals surface area contributed by atoms with Crippen molar-refractivity contribution in [2.75, 3.05) is 6.61 Å². The quantitative estimate of drug-likeness (QED) is 0.825. The summed E-state index contributed by atoms with van der Waals surface area (Å²) in [4.78, 5) is 12.0. The molecular formula is C14H13FO3S. The van der Waals surface area contributed by atoms with Crippen LogP contribution in [0.5, 0.6) is 0 Å². The highest BCUT2D eigenvalue weighted by molar-refractivity contribution is 7.09. The van der Waals surface area contributed by atoms with Gasteiger partial charge in [-0.1, -0.05) is 6.07 Å². The zero-order valence-corrected chi connectivity index (χ0v) is 11.0. The maximum atomic E-state index is 13.5.